The van der Waals surface area contributed by atoms with Crippen LogP contribution in [0.3, 0.4) is 0 Å². The van der Waals surface area contributed by atoms with Crippen molar-refractivity contribution in [3.63, 3.8) is 0 Å². The molecule has 1 aromatic heterocycles. The summed E-state index contributed by atoms with van der Waals surface area (Å²) in [6, 6.07) is 9.60. The van der Waals surface area contributed by atoms with Gasteiger partial charge in [-0.3, -0.25) is 5.32 Å². The van der Waals surface area contributed by atoms with Crippen LogP contribution in [-0.2, 0) is 17.8 Å². The van der Waals surface area contributed by atoms with E-state index in [1.165, 1.54) is 11.5 Å². The number of rotatable bonds is 4. The number of amides is 1. The predicted octanol–water partition coefficient (Wildman–Crippen LogP) is 3.76. The van der Waals surface area contributed by atoms with Gasteiger partial charge in [0.2, 0.25) is 0 Å². The van der Waals surface area contributed by atoms with Crippen LogP contribution in [-0.4, -0.2) is 10.5 Å². The molecular formula is C14H16N2O2S. The minimum atomic E-state index is -0.443. The molecular weight excluding hydrogens is 260 g/mol. The lowest BCUT2D eigenvalue weighted by atomic mass is 10.2. The van der Waals surface area contributed by atoms with Gasteiger partial charge < -0.3 is 4.74 Å². The summed E-state index contributed by atoms with van der Waals surface area (Å²) in [6.07, 6.45) is 0.404. The molecule has 0 fully saturated rings. The highest BCUT2D eigenvalue weighted by molar-refractivity contribution is 7.06. The summed E-state index contributed by atoms with van der Waals surface area (Å²) in [5.74, 6) is 0. The fourth-order valence-electron chi connectivity index (χ4n) is 1.68. The molecule has 0 aliphatic rings. The normalized spacial score (nSPS) is 10.2. The van der Waals surface area contributed by atoms with E-state index >= 15 is 0 Å². The van der Waals surface area contributed by atoms with Crippen molar-refractivity contribution in [1.82, 2.24) is 4.37 Å². The molecule has 1 amide bonds. The van der Waals surface area contributed by atoms with Crippen molar-refractivity contribution in [2.45, 2.75) is 26.9 Å². The number of nitrogens with one attached hydrogen (secondary N) is 1. The van der Waals surface area contributed by atoms with Crippen molar-refractivity contribution in [2.75, 3.05) is 5.32 Å². The van der Waals surface area contributed by atoms with E-state index in [0.717, 1.165) is 28.2 Å². The molecule has 1 aromatic carbocycles. The summed E-state index contributed by atoms with van der Waals surface area (Å²) in [7, 11) is 0. The second-order valence-corrected chi connectivity index (χ2v) is 4.96. The Labute approximate surface area is 116 Å². The molecule has 0 atom stereocenters. The molecule has 19 heavy (non-hydrogen) atoms. The molecule has 1 heterocycles. The van der Waals surface area contributed by atoms with Crippen LogP contribution in [0.15, 0.2) is 30.3 Å². The first-order valence-electron chi connectivity index (χ1n) is 6.13. The molecule has 0 saturated carbocycles. The molecule has 0 saturated heterocycles. The molecule has 0 aliphatic carbocycles. The highest BCUT2D eigenvalue weighted by Gasteiger charge is 2.12. The van der Waals surface area contributed by atoms with Crippen LogP contribution in [0.4, 0.5) is 10.5 Å². The summed E-state index contributed by atoms with van der Waals surface area (Å²) >= 11 is 1.41. The maximum atomic E-state index is 11.7. The number of nitrogens with zero attached hydrogens (tertiary/aromatic N) is 1. The summed E-state index contributed by atoms with van der Waals surface area (Å²) in [6.45, 7) is 4.18. The third-order valence-electron chi connectivity index (χ3n) is 2.69. The first kappa shape index (κ1) is 13.5. The second-order valence-electron chi connectivity index (χ2n) is 4.11. The maximum absolute atomic E-state index is 11.7. The van der Waals surface area contributed by atoms with Crippen molar-refractivity contribution in [3.8, 4) is 0 Å². The lowest BCUT2D eigenvalue weighted by molar-refractivity contribution is 0.155. The van der Waals surface area contributed by atoms with Crippen molar-refractivity contribution >= 4 is 23.3 Å². The van der Waals surface area contributed by atoms with Gasteiger partial charge in [0.1, 0.15) is 6.61 Å². The maximum Gasteiger partial charge on any atom is 0.412 e. The highest BCUT2D eigenvalue weighted by atomic mass is 32.1. The third kappa shape index (κ3) is 3.54. The fraction of sp³-hybridized carbons (Fsp3) is 0.286. The molecule has 5 heteroatoms. The standard InChI is InChI=1S/C14H16N2O2S/c1-3-12-13(10(2)16-19-12)15-14(17)18-9-11-7-5-4-6-8-11/h4-8H,3,9H2,1-2H3,(H,15,17). The SMILES string of the molecule is CCc1snc(C)c1NC(=O)OCc1ccccc1. The monoisotopic (exact) mass is 276 g/mol. The molecule has 0 spiro atoms. The molecule has 4 nitrogen and oxygen atoms in total. The molecule has 0 bridgehead atoms. The Hall–Kier alpha value is -1.88. The van der Waals surface area contributed by atoms with Crippen LogP contribution in [0.5, 0.6) is 0 Å². The number of aromatic nitrogens is 1. The van der Waals surface area contributed by atoms with E-state index in [9.17, 15) is 4.79 Å². The number of carbonyl (C=O) groups is 1. The van der Waals surface area contributed by atoms with Gasteiger partial charge in [-0.05, 0) is 30.4 Å². The number of anilines is 1. The molecule has 2 aromatic rings. The van der Waals surface area contributed by atoms with E-state index < -0.39 is 6.09 Å². The number of carbonyl (C=O) groups excluding carboxylic acids is 1. The summed E-state index contributed by atoms with van der Waals surface area (Å²) in [5, 5.41) is 2.77. The molecule has 0 unspecified atom stereocenters. The average Bonchev–Trinajstić information content (AvgIpc) is 2.78. The van der Waals surface area contributed by atoms with E-state index in [1.54, 1.807) is 0 Å². The number of benzene rings is 1. The average molecular weight is 276 g/mol. The van der Waals surface area contributed by atoms with Gasteiger partial charge in [-0.2, -0.15) is 4.37 Å². The lowest BCUT2D eigenvalue weighted by Crippen LogP contribution is -2.14. The Morgan fingerprint density at radius 1 is 1.37 bits per heavy atom. The zero-order valence-electron chi connectivity index (χ0n) is 11.0. The van der Waals surface area contributed by atoms with Crippen molar-refractivity contribution in [2.24, 2.45) is 0 Å². The Kier molecular flexibility index (Phi) is 4.52. The highest BCUT2D eigenvalue weighted by Crippen LogP contribution is 2.24. The Morgan fingerprint density at radius 3 is 2.79 bits per heavy atom. The molecule has 2 rings (SSSR count). The predicted molar refractivity (Wildman–Crippen MR) is 76.5 cm³/mol. The lowest BCUT2D eigenvalue weighted by Gasteiger charge is -2.07. The summed E-state index contributed by atoms with van der Waals surface area (Å²) in [5.41, 5.74) is 2.58. The van der Waals surface area contributed by atoms with Crippen molar-refractivity contribution < 1.29 is 9.53 Å². The van der Waals surface area contributed by atoms with Crippen molar-refractivity contribution in [1.29, 1.82) is 0 Å². The Balaban J connectivity index is 1.93. The summed E-state index contributed by atoms with van der Waals surface area (Å²) in [4.78, 5) is 12.8. The number of ether oxygens (including phenoxy) is 1. The molecule has 100 valence electrons. The van der Waals surface area contributed by atoms with Crippen LogP contribution in [0.2, 0.25) is 0 Å². The fourth-order valence-corrected chi connectivity index (χ4v) is 2.44. The van der Waals surface area contributed by atoms with Gasteiger partial charge in [0.25, 0.3) is 0 Å². The second kappa shape index (κ2) is 6.33. The molecule has 1 N–H and O–H groups in total. The van der Waals surface area contributed by atoms with Crippen molar-refractivity contribution in [3.05, 3.63) is 46.5 Å². The van der Waals surface area contributed by atoms with Gasteiger partial charge in [0.15, 0.2) is 0 Å². The van der Waals surface area contributed by atoms with Crippen LogP contribution >= 0.6 is 11.5 Å². The zero-order valence-corrected chi connectivity index (χ0v) is 11.8. The zero-order chi connectivity index (χ0) is 13.7. The van der Waals surface area contributed by atoms with Gasteiger partial charge in [-0.15, -0.1) is 0 Å². The van der Waals surface area contributed by atoms with Crippen LogP contribution < -0.4 is 5.32 Å². The molecule has 0 aliphatic heterocycles. The van der Waals surface area contributed by atoms with Crippen LogP contribution in [0.1, 0.15) is 23.1 Å². The van der Waals surface area contributed by atoms with Gasteiger partial charge >= 0.3 is 6.09 Å². The first-order chi connectivity index (χ1) is 9.20. The van der Waals surface area contributed by atoms with E-state index in [0.29, 0.717) is 0 Å². The van der Waals surface area contributed by atoms with E-state index in [4.69, 9.17) is 4.74 Å². The Bertz CT molecular complexity index is 552. The van der Waals surface area contributed by atoms with E-state index in [2.05, 4.69) is 9.69 Å². The minimum Gasteiger partial charge on any atom is -0.444 e. The smallest absolute Gasteiger partial charge is 0.412 e. The molecule has 0 radical (unpaired) electrons. The van der Waals surface area contributed by atoms with Crippen LogP contribution in [0, 0.1) is 6.92 Å². The number of aryl methyl sites for hydroxylation is 2. The van der Waals surface area contributed by atoms with E-state index in [-0.39, 0.29) is 6.61 Å². The number of hydrogen-bond donors (Lipinski definition) is 1. The van der Waals surface area contributed by atoms with Gasteiger partial charge in [-0.1, -0.05) is 37.3 Å². The van der Waals surface area contributed by atoms with Gasteiger partial charge in [0.05, 0.1) is 11.4 Å². The largest absolute Gasteiger partial charge is 0.444 e. The quantitative estimate of drug-likeness (QED) is 0.925. The van der Waals surface area contributed by atoms with Gasteiger partial charge in [0, 0.05) is 4.88 Å². The summed E-state index contributed by atoms with van der Waals surface area (Å²) < 4.78 is 9.41. The van der Waals surface area contributed by atoms with Crippen LogP contribution in [0.25, 0.3) is 0 Å². The minimum absolute atomic E-state index is 0.269. The Morgan fingerprint density at radius 2 is 2.11 bits per heavy atom. The third-order valence-corrected chi connectivity index (χ3v) is 3.77. The van der Waals surface area contributed by atoms with Gasteiger partial charge in [-0.25, -0.2) is 4.79 Å². The first-order valence-corrected chi connectivity index (χ1v) is 6.91. The topological polar surface area (TPSA) is 51.2 Å². The number of hydrogen-bond acceptors (Lipinski definition) is 4. The van der Waals surface area contributed by atoms with E-state index in [1.807, 2.05) is 44.2 Å².